The lowest BCUT2D eigenvalue weighted by Crippen LogP contribution is -2.26. The van der Waals surface area contributed by atoms with E-state index in [0.29, 0.717) is 5.56 Å². The van der Waals surface area contributed by atoms with Crippen LogP contribution in [0.5, 0.6) is 0 Å². The highest BCUT2D eigenvalue weighted by atomic mass is 16.2. The van der Waals surface area contributed by atoms with E-state index in [9.17, 15) is 4.79 Å². The van der Waals surface area contributed by atoms with Gasteiger partial charge >= 0.3 is 6.15 Å². The highest BCUT2D eigenvalue weighted by Gasteiger charge is 2.17. The second kappa shape index (κ2) is 12.5. The number of pyridine rings is 1. The van der Waals surface area contributed by atoms with Gasteiger partial charge in [0.25, 0.3) is 5.91 Å². The summed E-state index contributed by atoms with van der Waals surface area (Å²) >= 11 is 0. The van der Waals surface area contributed by atoms with Gasteiger partial charge in [-0.25, -0.2) is 0 Å². The van der Waals surface area contributed by atoms with E-state index in [1.165, 1.54) is 27.9 Å². The lowest BCUT2D eigenvalue weighted by molar-refractivity contribution is -0.191. The maximum Gasteiger partial charge on any atom is 0.373 e. The molecule has 0 saturated heterocycles. The van der Waals surface area contributed by atoms with Gasteiger partial charge in [0.2, 0.25) is 0 Å². The summed E-state index contributed by atoms with van der Waals surface area (Å²) in [5.41, 5.74) is 9.90. The Morgan fingerprint density at radius 3 is 2.24 bits per heavy atom. The summed E-state index contributed by atoms with van der Waals surface area (Å²) in [6, 6.07) is 35.1. The number of carbonyl (C=O) groups excluding carboxylic acids is 3. The van der Waals surface area contributed by atoms with E-state index in [1.54, 1.807) is 6.20 Å². The third kappa shape index (κ3) is 5.75. The number of aromatic nitrogens is 2. The van der Waals surface area contributed by atoms with E-state index < -0.39 is 0 Å². The lowest BCUT2D eigenvalue weighted by Gasteiger charge is -2.16. The molecule has 0 bridgehead atoms. The molecule has 0 unspecified atom stereocenters. The molecule has 208 valence electrons. The van der Waals surface area contributed by atoms with Crippen molar-refractivity contribution < 1.29 is 14.4 Å². The number of rotatable bonds is 6. The number of hydrogen-bond acceptors (Lipinski definition) is 4. The van der Waals surface area contributed by atoms with Crippen LogP contribution in [0.25, 0.3) is 32.9 Å². The molecule has 42 heavy (non-hydrogen) atoms. The molecule has 1 atom stereocenters. The van der Waals surface area contributed by atoms with Gasteiger partial charge in [-0.3, -0.25) is 9.78 Å². The lowest BCUT2D eigenvalue weighted by atomic mass is 10.0. The summed E-state index contributed by atoms with van der Waals surface area (Å²) in [5.74, 6) is -0.0772. The Morgan fingerprint density at radius 2 is 1.50 bits per heavy atom. The Bertz CT molecular complexity index is 1900. The van der Waals surface area contributed by atoms with Crippen LogP contribution in [-0.4, -0.2) is 21.6 Å². The molecule has 0 aliphatic heterocycles. The van der Waals surface area contributed by atoms with Crippen LogP contribution in [0.1, 0.15) is 45.7 Å². The maximum absolute atomic E-state index is 13.3. The quantitative estimate of drug-likeness (QED) is 0.233. The van der Waals surface area contributed by atoms with Crippen LogP contribution in [0.3, 0.4) is 0 Å². The number of amides is 1. The van der Waals surface area contributed by atoms with Crippen molar-refractivity contribution in [3.8, 4) is 11.1 Å². The molecule has 6 rings (SSSR count). The SMILES string of the molecule is Cc1c(C)n(Cc2ccc(-c3ccccc3)cc2)c2ccc(C(=O)N[C@H](C)c3ccnc4ccccc34)cc12.O=C=O. The number of fused-ring (bicyclic) bond motifs is 2. The molecule has 1 N–H and O–H groups in total. The van der Waals surface area contributed by atoms with Gasteiger partial charge < -0.3 is 9.88 Å². The third-order valence-corrected chi connectivity index (χ3v) is 7.80. The van der Waals surface area contributed by atoms with E-state index >= 15 is 0 Å². The first kappa shape index (κ1) is 28.2. The van der Waals surface area contributed by atoms with E-state index in [2.05, 4.69) is 89.4 Å². The molecule has 0 saturated carbocycles. The fourth-order valence-corrected chi connectivity index (χ4v) is 5.46. The average Bonchev–Trinajstić information content (AvgIpc) is 3.26. The zero-order valence-corrected chi connectivity index (χ0v) is 23.8. The van der Waals surface area contributed by atoms with Crippen molar-refractivity contribution >= 4 is 33.9 Å². The van der Waals surface area contributed by atoms with Crippen molar-refractivity contribution in [2.75, 3.05) is 0 Å². The van der Waals surface area contributed by atoms with Gasteiger partial charge in [0.1, 0.15) is 0 Å². The van der Waals surface area contributed by atoms with Crippen molar-refractivity contribution in [3.63, 3.8) is 0 Å². The predicted molar refractivity (Wildman–Crippen MR) is 165 cm³/mol. The van der Waals surface area contributed by atoms with Gasteiger partial charge in [-0.2, -0.15) is 9.59 Å². The maximum atomic E-state index is 13.3. The Balaban J connectivity index is 0.00000113. The molecule has 6 aromatic rings. The van der Waals surface area contributed by atoms with Gasteiger partial charge in [0.05, 0.1) is 11.6 Å². The number of para-hydroxylation sites is 1. The van der Waals surface area contributed by atoms with Crippen molar-refractivity contribution in [1.29, 1.82) is 0 Å². The van der Waals surface area contributed by atoms with Gasteiger partial charge in [-0.05, 0) is 78.9 Å². The summed E-state index contributed by atoms with van der Waals surface area (Å²) in [5, 5.41) is 5.37. The molecule has 6 nitrogen and oxygen atoms in total. The summed E-state index contributed by atoms with van der Waals surface area (Å²) in [4.78, 5) is 34.0. The van der Waals surface area contributed by atoms with E-state index in [0.717, 1.165) is 33.9 Å². The Morgan fingerprint density at radius 1 is 0.833 bits per heavy atom. The van der Waals surface area contributed by atoms with E-state index in [4.69, 9.17) is 9.59 Å². The Labute approximate surface area is 244 Å². The standard InChI is InChI=1S/C35H31N3O.CO2/c1-23-25(3)38(22-26-13-15-28(16-14-26)27-9-5-4-6-10-27)34-18-17-29(21-32(23)34)35(39)37-24(2)30-19-20-36-33-12-8-7-11-31(30)33;2-1-3/h4-21,24H,22H2,1-3H3,(H,37,39);/t24-;/m1./s1. The molecule has 0 fully saturated rings. The fourth-order valence-electron chi connectivity index (χ4n) is 5.46. The van der Waals surface area contributed by atoms with Gasteiger partial charge in [0, 0.05) is 40.3 Å². The monoisotopic (exact) mass is 553 g/mol. The molecule has 6 heteroatoms. The van der Waals surface area contributed by atoms with Crippen molar-refractivity contribution in [1.82, 2.24) is 14.9 Å². The number of benzene rings is 4. The van der Waals surface area contributed by atoms with Crippen LogP contribution in [-0.2, 0) is 16.1 Å². The number of carbonyl (C=O) groups is 1. The first-order valence-corrected chi connectivity index (χ1v) is 13.8. The second-order valence-electron chi connectivity index (χ2n) is 10.3. The third-order valence-electron chi connectivity index (χ3n) is 7.80. The number of aryl methyl sites for hydroxylation is 1. The van der Waals surface area contributed by atoms with Gasteiger partial charge in [-0.1, -0.05) is 72.8 Å². The molecule has 1 amide bonds. The smallest absolute Gasteiger partial charge is 0.345 e. The topological polar surface area (TPSA) is 81.1 Å². The summed E-state index contributed by atoms with van der Waals surface area (Å²) < 4.78 is 2.34. The molecule has 2 aromatic heterocycles. The average molecular weight is 554 g/mol. The molecular weight excluding hydrogens is 522 g/mol. The zero-order valence-electron chi connectivity index (χ0n) is 23.8. The minimum atomic E-state index is -0.146. The molecule has 4 aromatic carbocycles. The first-order chi connectivity index (χ1) is 20.4. The summed E-state index contributed by atoms with van der Waals surface area (Å²) in [6.07, 6.45) is 2.05. The molecule has 0 radical (unpaired) electrons. The Kier molecular flexibility index (Phi) is 8.37. The fraction of sp³-hybridized carbons (Fsp3) is 0.139. The first-order valence-electron chi connectivity index (χ1n) is 13.8. The molecule has 0 aliphatic carbocycles. The molecule has 0 spiro atoms. The highest BCUT2D eigenvalue weighted by Crippen LogP contribution is 2.29. The second-order valence-corrected chi connectivity index (χ2v) is 10.3. The summed E-state index contributed by atoms with van der Waals surface area (Å²) in [7, 11) is 0. The molecule has 0 aliphatic rings. The van der Waals surface area contributed by atoms with Crippen LogP contribution in [0.2, 0.25) is 0 Å². The normalized spacial score (nSPS) is 11.4. The number of nitrogens with one attached hydrogen (secondary N) is 1. The van der Waals surface area contributed by atoms with Gasteiger partial charge in [-0.15, -0.1) is 0 Å². The van der Waals surface area contributed by atoms with Crippen molar-refractivity contribution in [3.05, 3.63) is 137 Å². The van der Waals surface area contributed by atoms with Crippen LogP contribution in [0.4, 0.5) is 0 Å². The minimum Gasteiger partial charge on any atom is -0.345 e. The minimum absolute atomic E-state index is 0.0772. The van der Waals surface area contributed by atoms with Crippen LogP contribution >= 0.6 is 0 Å². The summed E-state index contributed by atoms with van der Waals surface area (Å²) in [6.45, 7) is 7.10. The van der Waals surface area contributed by atoms with Crippen molar-refractivity contribution in [2.24, 2.45) is 0 Å². The largest absolute Gasteiger partial charge is 0.373 e. The van der Waals surface area contributed by atoms with Gasteiger partial charge in [0.15, 0.2) is 0 Å². The van der Waals surface area contributed by atoms with E-state index in [1.807, 2.05) is 49.4 Å². The molecule has 2 heterocycles. The Hall–Kier alpha value is -5.32. The van der Waals surface area contributed by atoms with Crippen LogP contribution in [0.15, 0.2) is 109 Å². The highest BCUT2D eigenvalue weighted by molar-refractivity contribution is 5.99. The predicted octanol–water partition coefficient (Wildman–Crippen LogP) is 7.43. The van der Waals surface area contributed by atoms with Crippen molar-refractivity contribution in [2.45, 2.75) is 33.4 Å². The van der Waals surface area contributed by atoms with Crippen LogP contribution < -0.4 is 5.32 Å². The number of hydrogen-bond donors (Lipinski definition) is 1. The zero-order chi connectivity index (χ0) is 29.6. The number of nitrogens with zero attached hydrogens (tertiary/aromatic N) is 2. The molecular formula is C36H31N3O3. The van der Waals surface area contributed by atoms with Crippen LogP contribution in [0, 0.1) is 13.8 Å². The van der Waals surface area contributed by atoms with E-state index in [-0.39, 0.29) is 18.1 Å².